The maximum absolute atomic E-state index is 12.2. The Hall–Kier alpha value is -2.25. The van der Waals surface area contributed by atoms with Gasteiger partial charge in [0.15, 0.2) is 0 Å². The predicted molar refractivity (Wildman–Crippen MR) is 85.7 cm³/mol. The lowest BCUT2D eigenvalue weighted by molar-refractivity contribution is -0.384. The van der Waals surface area contributed by atoms with E-state index in [0.717, 1.165) is 5.56 Å². The summed E-state index contributed by atoms with van der Waals surface area (Å²) in [6.07, 6.45) is -0.379. The van der Waals surface area contributed by atoms with Gasteiger partial charge in [0.25, 0.3) is 15.8 Å². The summed E-state index contributed by atoms with van der Waals surface area (Å²) in [6, 6.07) is 12.4. The van der Waals surface area contributed by atoms with Gasteiger partial charge in [-0.3, -0.25) is 14.3 Å². The van der Waals surface area contributed by atoms with Gasteiger partial charge in [-0.15, -0.1) is 0 Å². The first-order valence-electron chi connectivity index (χ1n) is 7.01. The molecule has 0 spiro atoms. The van der Waals surface area contributed by atoms with E-state index in [4.69, 9.17) is 4.18 Å². The highest BCUT2D eigenvalue weighted by Gasteiger charge is 2.19. The third-order valence-electron chi connectivity index (χ3n) is 3.25. The second kappa shape index (κ2) is 6.89. The normalized spacial score (nSPS) is 12.8. The van der Waals surface area contributed by atoms with Gasteiger partial charge in [-0.1, -0.05) is 29.8 Å². The zero-order valence-corrected chi connectivity index (χ0v) is 13.6. The Morgan fingerprint density at radius 1 is 1.17 bits per heavy atom. The van der Waals surface area contributed by atoms with E-state index in [0.29, 0.717) is 5.56 Å². The van der Waals surface area contributed by atoms with E-state index in [1.165, 1.54) is 24.3 Å². The van der Waals surface area contributed by atoms with E-state index in [2.05, 4.69) is 0 Å². The predicted octanol–water partition coefficient (Wildman–Crippen LogP) is 3.24. The molecule has 0 fully saturated rings. The lowest BCUT2D eigenvalue weighted by Crippen LogP contribution is -2.18. The van der Waals surface area contributed by atoms with E-state index in [-0.39, 0.29) is 17.0 Å². The highest BCUT2D eigenvalue weighted by molar-refractivity contribution is 7.86. The molecular weight excluding hydrogens is 318 g/mol. The molecule has 0 aliphatic carbocycles. The van der Waals surface area contributed by atoms with E-state index < -0.39 is 21.1 Å². The van der Waals surface area contributed by atoms with Crippen LogP contribution in [0.4, 0.5) is 5.69 Å². The van der Waals surface area contributed by atoms with Crippen molar-refractivity contribution < 1.29 is 17.5 Å². The number of hydrogen-bond donors (Lipinski definition) is 0. The van der Waals surface area contributed by atoms with Crippen LogP contribution in [0, 0.1) is 17.0 Å². The zero-order valence-electron chi connectivity index (χ0n) is 12.8. The average molecular weight is 335 g/mol. The second-order valence-electron chi connectivity index (χ2n) is 5.31. The van der Waals surface area contributed by atoms with Gasteiger partial charge in [-0.05, 0) is 31.5 Å². The zero-order chi connectivity index (χ0) is 17.0. The number of nitro groups is 1. The molecule has 2 aromatic rings. The Kier molecular flexibility index (Phi) is 5.12. The molecule has 0 aromatic heterocycles. The Morgan fingerprint density at radius 3 is 2.43 bits per heavy atom. The summed E-state index contributed by atoms with van der Waals surface area (Å²) in [6.45, 7) is 3.48. The minimum absolute atomic E-state index is 0.0314. The van der Waals surface area contributed by atoms with Crippen LogP contribution in [0.5, 0.6) is 0 Å². The molecule has 0 radical (unpaired) electrons. The number of aryl methyl sites for hydroxylation is 1. The minimum Gasteiger partial charge on any atom is -0.263 e. The summed E-state index contributed by atoms with van der Waals surface area (Å²) in [7, 11) is -3.86. The van der Waals surface area contributed by atoms with Gasteiger partial charge in [0.1, 0.15) is 0 Å². The molecular formula is C16H17NO5S. The van der Waals surface area contributed by atoms with Crippen LogP contribution in [-0.4, -0.2) is 19.4 Å². The van der Waals surface area contributed by atoms with Crippen molar-refractivity contribution in [2.24, 2.45) is 0 Å². The lowest BCUT2D eigenvalue weighted by Gasteiger charge is -2.13. The molecule has 2 rings (SSSR count). The molecule has 0 heterocycles. The largest absolute Gasteiger partial charge is 0.297 e. The highest BCUT2D eigenvalue weighted by atomic mass is 32.2. The molecule has 0 bridgehead atoms. The number of nitrogens with zero attached hydrogens (tertiary/aromatic N) is 1. The maximum atomic E-state index is 12.2. The fourth-order valence-corrected chi connectivity index (χ4v) is 3.22. The van der Waals surface area contributed by atoms with Gasteiger partial charge in [-0.25, -0.2) is 0 Å². The standard InChI is InChI=1S/C16H17NO5S/c1-12-6-8-16(9-7-12)23(20,21)22-13(2)10-14-4-3-5-15(11-14)17(18)19/h3-9,11,13H,10H2,1-2H3. The number of hydrogen-bond acceptors (Lipinski definition) is 5. The smallest absolute Gasteiger partial charge is 0.263 e. The second-order valence-corrected chi connectivity index (χ2v) is 6.88. The van der Waals surface area contributed by atoms with Crippen molar-refractivity contribution in [3.05, 3.63) is 69.8 Å². The summed E-state index contributed by atoms with van der Waals surface area (Å²) in [5, 5.41) is 10.8. The number of nitro benzene ring substituents is 1. The van der Waals surface area contributed by atoms with Crippen LogP contribution in [-0.2, 0) is 20.7 Å². The van der Waals surface area contributed by atoms with Gasteiger partial charge >= 0.3 is 0 Å². The summed E-state index contributed by atoms with van der Waals surface area (Å²) >= 11 is 0. The summed E-state index contributed by atoms with van der Waals surface area (Å²) < 4.78 is 29.5. The molecule has 7 heteroatoms. The molecule has 1 atom stereocenters. The van der Waals surface area contributed by atoms with Crippen LogP contribution < -0.4 is 0 Å². The van der Waals surface area contributed by atoms with Crippen LogP contribution >= 0.6 is 0 Å². The van der Waals surface area contributed by atoms with Crippen LogP contribution in [0.25, 0.3) is 0 Å². The SMILES string of the molecule is Cc1ccc(S(=O)(=O)OC(C)Cc2cccc([N+](=O)[O-])c2)cc1. The fourth-order valence-electron chi connectivity index (χ4n) is 2.14. The van der Waals surface area contributed by atoms with Gasteiger partial charge < -0.3 is 0 Å². The van der Waals surface area contributed by atoms with E-state index >= 15 is 0 Å². The van der Waals surface area contributed by atoms with Crippen LogP contribution in [0.2, 0.25) is 0 Å². The monoisotopic (exact) mass is 335 g/mol. The van der Waals surface area contributed by atoms with Crippen LogP contribution in [0.15, 0.2) is 53.4 Å². The first-order chi connectivity index (χ1) is 10.8. The Labute approximate surface area is 135 Å². The Balaban J connectivity index is 2.09. The molecule has 0 saturated carbocycles. The molecule has 0 N–H and O–H groups in total. The van der Waals surface area contributed by atoms with Gasteiger partial charge in [0.2, 0.25) is 0 Å². The Morgan fingerprint density at radius 2 is 1.83 bits per heavy atom. The highest BCUT2D eigenvalue weighted by Crippen LogP contribution is 2.19. The van der Waals surface area contributed by atoms with E-state index in [1.54, 1.807) is 31.2 Å². The molecule has 122 valence electrons. The quantitative estimate of drug-likeness (QED) is 0.459. The number of rotatable bonds is 6. The topological polar surface area (TPSA) is 86.5 Å². The third-order valence-corrected chi connectivity index (χ3v) is 4.68. The van der Waals surface area contributed by atoms with Crippen molar-refractivity contribution in [2.75, 3.05) is 0 Å². The van der Waals surface area contributed by atoms with Crippen molar-refractivity contribution >= 4 is 15.8 Å². The van der Waals surface area contributed by atoms with Crippen molar-refractivity contribution in [3.8, 4) is 0 Å². The maximum Gasteiger partial charge on any atom is 0.297 e. The van der Waals surface area contributed by atoms with E-state index in [9.17, 15) is 18.5 Å². The minimum atomic E-state index is -3.86. The molecule has 0 amide bonds. The third kappa shape index (κ3) is 4.61. The molecule has 6 nitrogen and oxygen atoms in total. The average Bonchev–Trinajstić information content (AvgIpc) is 2.47. The van der Waals surface area contributed by atoms with Crippen molar-refractivity contribution in [3.63, 3.8) is 0 Å². The van der Waals surface area contributed by atoms with Crippen molar-refractivity contribution in [1.29, 1.82) is 0 Å². The summed E-state index contributed by atoms with van der Waals surface area (Å²) in [5.41, 5.74) is 1.57. The summed E-state index contributed by atoms with van der Waals surface area (Å²) in [5.74, 6) is 0. The van der Waals surface area contributed by atoms with Crippen LogP contribution in [0.3, 0.4) is 0 Å². The van der Waals surface area contributed by atoms with Crippen molar-refractivity contribution in [1.82, 2.24) is 0 Å². The summed E-state index contributed by atoms with van der Waals surface area (Å²) in [4.78, 5) is 10.4. The van der Waals surface area contributed by atoms with Crippen LogP contribution in [0.1, 0.15) is 18.1 Å². The molecule has 23 heavy (non-hydrogen) atoms. The molecule has 0 saturated heterocycles. The number of benzene rings is 2. The number of non-ortho nitro benzene ring substituents is 1. The van der Waals surface area contributed by atoms with Gasteiger partial charge in [0.05, 0.1) is 15.9 Å². The fraction of sp³-hybridized carbons (Fsp3) is 0.250. The molecule has 0 aliphatic heterocycles. The van der Waals surface area contributed by atoms with Gasteiger partial charge in [0, 0.05) is 18.6 Å². The first kappa shape index (κ1) is 17.1. The molecule has 2 aromatic carbocycles. The molecule has 0 aliphatic rings. The van der Waals surface area contributed by atoms with Gasteiger partial charge in [-0.2, -0.15) is 8.42 Å². The Bertz CT molecular complexity index is 799. The van der Waals surface area contributed by atoms with E-state index in [1.807, 2.05) is 6.92 Å². The molecule has 1 unspecified atom stereocenters. The first-order valence-corrected chi connectivity index (χ1v) is 8.42. The lowest BCUT2D eigenvalue weighted by atomic mass is 10.1. The van der Waals surface area contributed by atoms with Crippen molar-refractivity contribution in [2.45, 2.75) is 31.3 Å².